The Labute approximate surface area is 171 Å². The van der Waals surface area contributed by atoms with Crippen LogP contribution >= 0.6 is 22.9 Å². The fourth-order valence-corrected chi connectivity index (χ4v) is 3.45. The smallest absolute Gasteiger partial charge is 0.344 e. The Kier molecular flexibility index (Phi) is 6.73. The summed E-state index contributed by atoms with van der Waals surface area (Å²) in [5.74, 6) is 1.25. The normalized spacial score (nSPS) is 10.4. The third kappa shape index (κ3) is 4.94. The van der Waals surface area contributed by atoms with Crippen molar-refractivity contribution in [1.82, 2.24) is 4.98 Å². The van der Waals surface area contributed by atoms with Gasteiger partial charge in [0.2, 0.25) is 0 Å². The molecule has 2 aromatic carbocycles. The minimum absolute atomic E-state index is 0.0561. The topological polar surface area (TPSA) is 66.9 Å². The molecule has 0 amide bonds. The highest BCUT2D eigenvalue weighted by Crippen LogP contribution is 2.39. The summed E-state index contributed by atoms with van der Waals surface area (Å²) in [5.41, 5.74) is 1.45. The van der Waals surface area contributed by atoms with Crippen LogP contribution in [0.1, 0.15) is 5.69 Å². The van der Waals surface area contributed by atoms with Crippen molar-refractivity contribution in [2.75, 3.05) is 20.8 Å². The molecule has 3 aromatic rings. The molecule has 0 unspecified atom stereocenters. The Morgan fingerprint density at radius 1 is 1.14 bits per heavy atom. The van der Waals surface area contributed by atoms with Gasteiger partial charge in [-0.15, -0.1) is 11.3 Å². The van der Waals surface area contributed by atoms with Crippen LogP contribution in [-0.4, -0.2) is 31.8 Å². The van der Waals surface area contributed by atoms with Gasteiger partial charge < -0.3 is 18.9 Å². The Morgan fingerprint density at radius 3 is 2.71 bits per heavy atom. The van der Waals surface area contributed by atoms with Gasteiger partial charge in [0.25, 0.3) is 0 Å². The molecule has 0 saturated heterocycles. The number of benzene rings is 2. The van der Waals surface area contributed by atoms with Gasteiger partial charge in [-0.2, -0.15) is 0 Å². The number of hydrogen-bond acceptors (Lipinski definition) is 7. The molecule has 0 atom stereocenters. The van der Waals surface area contributed by atoms with Crippen LogP contribution in [0.15, 0.2) is 47.8 Å². The fourth-order valence-electron chi connectivity index (χ4n) is 2.45. The largest absolute Gasteiger partial charge is 0.493 e. The van der Waals surface area contributed by atoms with Gasteiger partial charge in [0.05, 0.1) is 25.5 Å². The van der Waals surface area contributed by atoms with Crippen LogP contribution in [-0.2, 0) is 16.1 Å². The van der Waals surface area contributed by atoms with Crippen LogP contribution < -0.4 is 14.2 Å². The summed E-state index contributed by atoms with van der Waals surface area (Å²) in [6.45, 7) is -0.151. The van der Waals surface area contributed by atoms with Crippen LogP contribution in [0, 0.1) is 0 Å². The minimum atomic E-state index is -0.492. The number of aromatic nitrogens is 1. The molecule has 6 nitrogen and oxygen atoms in total. The van der Waals surface area contributed by atoms with Crippen LogP contribution in [0.2, 0.25) is 5.02 Å². The molecule has 0 bridgehead atoms. The zero-order valence-electron chi connectivity index (χ0n) is 15.3. The Balaban J connectivity index is 1.58. The van der Waals surface area contributed by atoms with Crippen molar-refractivity contribution in [3.63, 3.8) is 0 Å². The van der Waals surface area contributed by atoms with E-state index in [4.69, 9.17) is 30.5 Å². The standard InChI is InChI=1S/C20H18ClNO5S/c1-24-17-8-4-7-16(19(17)25-2)20-22-14(12-28-20)10-27-18(23)11-26-15-6-3-5-13(21)9-15/h3-9,12H,10-11H2,1-2H3. The summed E-state index contributed by atoms with van der Waals surface area (Å²) in [6.07, 6.45) is 0. The first-order chi connectivity index (χ1) is 13.6. The lowest BCUT2D eigenvalue weighted by molar-refractivity contribution is -0.147. The van der Waals surface area contributed by atoms with Crippen molar-refractivity contribution < 1.29 is 23.7 Å². The summed E-state index contributed by atoms with van der Waals surface area (Å²) in [4.78, 5) is 16.4. The number of methoxy groups -OCH3 is 2. The molecular formula is C20H18ClNO5S. The Morgan fingerprint density at radius 2 is 1.96 bits per heavy atom. The SMILES string of the molecule is COc1cccc(-c2nc(COC(=O)COc3cccc(Cl)c3)cs2)c1OC. The molecule has 3 rings (SSSR count). The monoisotopic (exact) mass is 419 g/mol. The van der Waals surface area contributed by atoms with Crippen molar-refractivity contribution >= 4 is 28.9 Å². The predicted octanol–water partition coefficient (Wildman–Crippen LogP) is 4.60. The van der Waals surface area contributed by atoms with Gasteiger partial charge in [-0.3, -0.25) is 0 Å². The summed E-state index contributed by atoms with van der Waals surface area (Å²) in [5, 5.41) is 3.12. The van der Waals surface area contributed by atoms with Crippen molar-refractivity contribution in [2.45, 2.75) is 6.61 Å². The zero-order chi connectivity index (χ0) is 19.9. The number of thiazole rings is 1. The number of rotatable bonds is 8. The Bertz CT molecular complexity index is 959. The summed E-state index contributed by atoms with van der Waals surface area (Å²) >= 11 is 7.31. The molecular weight excluding hydrogens is 402 g/mol. The number of carbonyl (C=O) groups excluding carboxylic acids is 1. The van der Waals surface area contributed by atoms with Gasteiger partial charge in [-0.25, -0.2) is 9.78 Å². The number of ether oxygens (including phenoxy) is 4. The van der Waals surface area contributed by atoms with Crippen LogP contribution in [0.4, 0.5) is 0 Å². The van der Waals surface area contributed by atoms with E-state index in [2.05, 4.69) is 4.98 Å². The number of hydrogen-bond donors (Lipinski definition) is 0. The first-order valence-corrected chi connectivity index (χ1v) is 9.56. The second-order valence-electron chi connectivity index (χ2n) is 5.59. The van der Waals surface area contributed by atoms with Crippen LogP contribution in [0.5, 0.6) is 17.2 Å². The van der Waals surface area contributed by atoms with E-state index < -0.39 is 5.97 Å². The zero-order valence-corrected chi connectivity index (χ0v) is 16.9. The second-order valence-corrected chi connectivity index (χ2v) is 6.89. The van der Waals surface area contributed by atoms with E-state index in [0.717, 1.165) is 10.6 Å². The van der Waals surface area contributed by atoms with Crippen LogP contribution in [0.25, 0.3) is 10.6 Å². The van der Waals surface area contributed by atoms with Crippen molar-refractivity contribution in [3.05, 3.63) is 58.6 Å². The average Bonchev–Trinajstić information content (AvgIpc) is 3.19. The lowest BCUT2D eigenvalue weighted by Gasteiger charge is -2.10. The molecule has 146 valence electrons. The molecule has 0 radical (unpaired) electrons. The van der Waals surface area contributed by atoms with E-state index in [9.17, 15) is 4.79 Å². The highest BCUT2D eigenvalue weighted by atomic mass is 35.5. The number of halogens is 1. The summed E-state index contributed by atoms with van der Waals surface area (Å²) in [7, 11) is 3.16. The highest BCUT2D eigenvalue weighted by molar-refractivity contribution is 7.13. The molecule has 0 aliphatic heterocycles. The van der Waals surface area contributed by atoms with E-state index >= 15 is 0 Å². The molecule has 0 saturated carbocycles. The third-order valence-corrected chi connectivity index (χ3v) is 4.88. The van der Waals surface area contributed by atoms with Gasteiger partial charge in [0, 0.05) is 10.4 Å². The van der Waals surface area contributed by atoms with Crippen LogP contribution in [0.3, 0.4) is 0 Å². The van der Waals surface area contributed by atoms with E-state index in [1.165, 1.54) is 11.3 Å². The number of carbonyl (C=O) groups is 1. The van der Waals surface area contributed by atoms with Gasteiger partial charge in [0.1, 0.15) is 17.4 Å². The quantitative estimate of drug-likeness (QED) is 0.497. The lowest BCUT2D eigenvalue weighted by atomic mass is 10.2. The lowest BCUT2D eigenvalue weighted by Crippen LogP contribution is -2.14. The molecule has 0 spiro atoms. The molecule has 8 heteroatoms. The maximum atomic E-state index is 11.9. The number of nitrogens with zero attached hydrogens (tertiary/aromatic N) is 1. The van der Waals surface area contributed by atoms with E-state index in [-0.39, 0.29) is 13.2 Å². The van der Waals surface area contributed by atoms with E-state index in [0.29, 0.717) is 28.0 Å². The molecule has 0 aliphatic carbocycles. The molecule has 0 aliphatic rings. The highest BCUT2D eigenvalue weighted by Gasteiger charge is 2.15. The van der Waals surface area contributed by atoms with E-state index in [1.54, 1.807) is 38.5 Å². The first kappa shape index (κ1) is 20.0. The molecule has 1 heterocycles. The predicted molar refractivity (Wildman–Crippen MR) is 107 cm³/mol. The maximum absolute atomic E-state index is 11.9. The fraction of sp³-hybridized carbons (Fsp3) is 0.200. The maximum Gasteiger partial charge on any atom is 0.344 e. The first-order valence-electron chi connectivity index (χ1n) is 8.30. The van der Waals surface area contributed by atoms with E-state index in [1.807, 2.05) is 23.6 Å². The van der Waals surface area contributed by atoms with Crippen molar-refractivity contribution in [2.24, 2.45) is 0 Å². The molecule has 0 fully saturated rings. The number of esters is 1. The summed E-state index contributed by atoms with van der Waals surface area (Å²) < 4.78 is 21.3. The second kappa shape index (κ2) is 9.43. The van der Waals surface area contributed by atoms with Gasteiger partial charge >= 0.3 is 5.97 Å². The van der Waals surface area contributed by atoms with Crippen molar-refractivity contribution in [1.29, 1.82) is 0 Å². The molecule has 28 heavy (non-hydrogen) atoms. The van der Waals surface area contributed by atoms with Gasteiger partial charge in [-0.05, 0) is 30.3 Å². The Hall–Kier alpha value is -2.77. The van der Waals surface area contributed by atoms with Gasteiger partial charge in [0.15, 0.2) is 18.1 Å². The van der Waals surface area contributed by atoms with Crippen molar-refractivity contribution in [3.8, 4) is 27.8 Å². The average molecular weight is 420 g/mol. The minimum Gasteiger partial charge on any atom is -0.493 e. The van der Waals surface area contributed by atoms with Gasteiger partial charge in [-0.1, -0.05) is 23.7 Å². The molecule has 1 aromatic heterocycles. The third-order valence-electron chi connectivity index (χ3n) is 3.72. The summed E-state index contributed by atoms with van der Waals surface area (Å²) in [6, 6.07) is 12.4. The number of para-hydroxylation sites is 1. The molecule has 0 N–H and O–H groups in total.